The van der Waals surface area contributed by atoms with Crippen LogP contribution in [-0.2, 0) is 6.18 Å². The van der Waals surface area contributed by atoms with Crippen LogP contribution in [-0.4, -0.2) is 35.1 Å². The van der Waals surface area contributed by atoms with Gasteiger partial charge in [-0.2, -0.15) is 13.2 Å². The van der Waals surface area contributed by atoms with Gasteiger partial charge < -0.3 is 10.0 Å². The number of fused-ring (bicyclic) bond motifs is 1. The minimum Gasteiger partial charge on any atom is -0.478 e. The maximum absolute atomic E-state index is 12.0. The molecule has 0 spiro atoms. The van der Waals surface area contributed by atoms with Crippen molar-refractivity contribution < 1.29 is 23.1 Å². The highest BCUT2D eigenvalue weighted by Crippen LogP contribution is 2.29. The zero-order valence-corrected chi connectivity index (χ0v) is 10.2. The summed E-state index contributed by atoms with van der Waals surface area (Å²) < 4.78 is 35.9. The SMILES string of the molecule is C1CN2CCC12.O=C(O)c1ccc(C(F)(F)F)cc1. The molecular weight excluding hydrogens is 259 g/mol. The molecule has 3 rings (SSSR count). The van der Waals surface area contributed by atoms with Crippen molar-refractivity contribution in [2.75, 3.05) is 13.1 Å². The average molecular weight is 273 g/mol. The van der Waals surface area contributed by atoms with Gasteiger partial charge in [0.25, 0.3) is 0 Å². The second kappa shape index (κ2) is 5.21. The summed E-state index contributed by atoms with van der Waals surface area (Å²) >= 11 is 0. The molecule has 0 aliphatic carbocycles. The molecule has 19 heavy (non-hydrogen) atoms. The molecule has 1 aromatic carbocycles. The zero-order chi connectivity index (χ0) is 14.0. The molecule has 2 aliphatic heterocycles. The summed E-state index contributed by atoms with van der Waals surface area (Å²) in [4.78, 5) is 12.8. The number of nitrogens with zero attached hydrogens (tertiary/aromatic N) is 1. The van der Waals surface area contributed by atoms with Gasteiger partial charge in [0.1, 0.15) is 0 Å². The first-order chi connectivity index (χ1) is 8.88. The maximum atomic E-state index is 12.0. The Morgan fingerprint density at radius 3 is 1.84 bits per heavy atom. The third-order valence-electron chi connectivity index (χ3n) is 3.47. The number of piperidine rings is 1. The van der Waals surface area contributed by atoms with E-state index in [2.05, 4.69) is 4.90 Å². The summed E-state index contributed by atoms with van der Waals surface area (Å²) in [6.07, 6.45) is -1.45. The predicted octanol–water partition coefficient (Wildman–Crippen LogP) is 2.87. The molecule has 6 heteroatoms. The Hall–Kier alpha value is -1.56. The number of benzene rings is 1. The monoisotopic (exact) mass is 273 g/mol. The van der Waals surface area contributed by atoms with Crippen molar-refractivity contribution >= 4 is 5.97 Å². The molecule has 3 nitrogen and oxygen atoms in total. The van der Waals surface area contributed by atoms with Crippen LogP contribution in [0.15, 0.2) is 24.3 Å². The van der Waals surface area contributed by atoms with E-state index in [0.717, 1.165) is 30.3 Å². The highest BCUT2D eigenvalue weighted by Gasteiger charge is 2.34. The Balaban J connectivity index is 0.000000180. The second-order valence-electron chi connectivity index (χ2n) is 4.65. The van der Waals surface area contributed by atoms with E-state index >= 15 is 0 Å². The van der Waals surface area contributed by atoms with Crippen molar-refractivity contribution in [3.63, 3.8) is 0 Å². The molecule has 0 unspecified atom stereocenters. The number of aromatic carboxylic acids is 1. The lowest BCUT2D eigenvalue weighted by atomic mass is 9.91. The standard InChI is InChI=1S/C8H5F3O2.C5H9N/c9-8(10,11)6-3-1-5(2-4-6)7(12)13;1-3-6-4-2-5(1)6/h1-4H,(H,12,13);5H,1-4H2. The second-order valence-corrected chi connectivity index (χ2v) is 4.65. The van der Waals surface area contributed by atoms with Gasteiger partial charge in [-0.15, -0.1) is 0 Å². The molecule has 1 aromatic rings. The minimum atomic E-state index is -4.42. The van der Waals surface area contributed by atoms with Gasteiger partial charge in [-0.05, 0) is 50.2 Å². The van der Waals surface area contributed by atoms with Crippen molar-refractivity contribution in [1.82, 2.24) is 4.90 Å². The molecule has 2 saturated heterocycles. The molecule has 104 valence electrons. The predicted molar refractivity (Wildman–Crippen MR) is 63.0 cm³/mol. The van der Waals surface area contributed by atoms with Crippen molar-refractivity contribution in [2.45, 2.75) is 25.1 Å². The smallest absolute Gasteiger partial charge is 0.416 e. The zero-order valence-electron chi connectivity index (χ0n) is 10.2. The Morgan fingerprint density at radius 1 is 1.16 bits per heavy atom. The van der Waals surface area contributed by atoms with E-state index in [-0.39, 0.29) is 5.56 Å². The lowest BCUT2D eigenvalue weighted by Gasteiger charge is -2.50. The molecule has 0 saturated carbocycles. The van der Waals surface area contributed by atoms with E-state index in [4.69, 9.17) is 5.11 Å². The first-order valence-corrected chi connectivity index (χ1v) is 6.02. The lowest BCUT2D eigenvalue weighted by Crippen LogP contribution is -2.57. The number of carboxylic acid groups (broad SMARTS) is 1. The number of carboxylic acids is 1. The van der Waals surface area contributed by atoms with Crippen LogP contribution in [0, 0.1) is 0 Å². The van der Waals surface area contributed by atoms with Gasteiger partial charge >= 0.3 is 12.1 Å². The molecule has 2 fully saturated rings. The number of alkyl halides is 3. The van der Waals surface area contributed by atoms with E-state index in [1.54, 1.807) is 0 Å². The van der Waals surface area contributed by atoms with E-state index < -0.39 is 17.7 Å². The van der Waals surface area contributed by atoms with Crippen LogP contribution in [0.1, 0.15) is 28.8 Å². The van der Waals surface area contributed by atoms with Gasteiger partial charge in [-0.3, -0.25) is 0 Å². The summed E-state index contributed by atoms with van der Waals surface area (Å²) in [6.45, 7) is 2.79. The third-order valence-corrected chi connectivity index (χ3v) is 3.47. The third kappa shape index (κ3) is 3.26. The van der Waals surface area contributed by atoms with E-state index in [1.165, 1.54) is 25.9 Å². The molecule has 0 radical (unpaired) electrons. The quantitative estimate of drug-likeness (QED) is 0.855. The van der Waals surface area contributed by atoms with Gasteiger partial charge in [0.05, 0.1) is 11.1 Å². The number of carbonyl (C=O) groups is 1. The average Bonchev–Trinajstić information content (AvgIpc) is 2.33. The van der Waals surface area contributed by atoms with Gasteiger partial charge in [-0.25, -0.2) is 4.79 Å². The van der Waals surface area contributed by atoms with Gasteiger partial charge in [0.2, 0.25) is 0 Å². The summed E-state index contributed by atoms with van der Waals surface area (Å²) in [5.74, 6) is -1.24. The topological polar surface area (TPSA) is 40.5 Å². The van der Waals surface area contributed by atoms with Crippen LogP contribution in [0.3, 0.4) is 0 Å². The Kier molecular flexibility index (Phi) is 3.80. The van der Waals surface area contributed by atoms with Crippen molar-refractivity contribution in [1.29, 1.82) is 0 Å². The highest BCUT2D eigenvalue weighted by molar-refractivity contribution is 5.87. The number of halogens is 3. The van der Waals surface area contributed by atoms with Crippen molar-refractivity contribution in [3.05, 3.63) is 35.4 Å². The summed E-state index contributed by atoms with van der Waals surface area (Å²) in [5.41, 5.74) is -1.01. The van der Waals surface area contributed by atoms with Crippen LogP contribution < -0.4 is 0 Å². The Labute approximate surface area is 108 Å². The van der Waals surface area contributed by atoms with Crippen LogP contribution in [0.4, 0.5) is 13.2 Å². The van der Waals surface area contributed by atoms with E-state index in [0.29, 0.717) is 0 Å². The number of rotatable bonds is 1. The maximum Gasteiger partial charge on any atom is 0.416 e. The van der Waals surface area contributed by atoms with Crippen molar-refractivity contribution in [2.24, 2.45) is 0 Å². The van der Waals surface area contributed by atoms with Crippen LogP contribution >= 0.6 is 0 Å². The molecule has 0 atom stereocenters. The van der Waals surface area contributed by atoms with Gasteiger partial charge in [0.15, 0.2) is 0 Å². The van der Waals surface area contributed by atoms with Crippen LogP contribution in [0.5, 0.6) is 0 Å². The van der Waals surface area contributed by atoms with Crippen LogP contribution in [0.2, 0.25) is 0 Å². The fourth-order valence-electron chi connectivity index (χ4n) is 2.05. The molecule has 0 amide bonds. The van der Waals surface area contributed by atoms with Crippen molar-refractivity contribution in [3.8, 4) is 0 Å². The first-order valence-electron chi connectivity index (χ1n) is 6.02. The van der Waals surface area contributed by atoms with Gasteiger partial charge in [0, 0.05) is 6.04 Å². The molecule has 0 bridgehead atoms. The normalized spacial score (nSPS) is 18.5. The fraction of sp³-hybridized carbons (Fsp3) is 0.462. The lowest BCUT2D eigenvalue weighted by molar-refractivity contribution is -0.137. The minimum absolute atomic E-state index is 0.159. The molecular formula is C13H14F3NO2. The van der Waals surface area contributed by atoms with E-state index in [9.17, 15) is 18.0 Å². The number of hydrogen-bond donors (Lipinski definition) is 1. The summed E-state index contributed by atoms with van der Waals surface area (Å²) in [6, 6.07) is 4.37. The highest BCUT2D eigenvalue weighted by atomic mass is 19.4. The van der Waals surface area contributed by atoms with Crippen LogP contribution in [0.25, 0.3) is 0 Å². The largest absolute Gasteiger partial charge is 0.478 e. The van der Waals surface area contributed by atoms with Gasteiger partial charge in [-0.1, -0.05) is 0 Å². The number of hydrogen-bond acceptors (Lipinski definition) is 2. The fourth-order valence-corrected chi connectivity index (χ4v) is 2.05. The summed E-state index contributed by atoms with van der Waals surface area (Å²) in [7, 11) is 0. The molecule has 0 aromatic heterocycles. The van der Waals surface area contributed by atoms with E-state index in [1.807, 2.05) is 0 Å². The summed E-state index contributed by atoms with van der Waals surface area (Å²) in [5, 5.41) is 8.40. The first kappa shape index (κ1) is 13.9. The Morgan fingerprint density at radius 2 is 1.63 bits per heavy atom. The molecule has 2 aliphatic rings. The molecule has 1 N–H and O–H groups in total. The Bertz CT molecular complexity index is 438. The molecule has 2 heterocycles.